The first-order valence-corrected chi connectivity index (χ1v) is 10.2. The second kappa shape index (κ2) is 8.02. The largest absolute Gasteiger partial charge is 0.0654 e. The van der Waals surface area contributed by atoms with Crippen molar-refractivity contribution in [1.82, 2.24) is 0 Å². The van der Waals surface area contributed by atoms with Gasteiger partial charge in [0.05, 0.1) is 0 Å². The van der Waals surface area contributed by atoms with Crippen LogP contribution in [0, 0.1) is 29.1 Å². The molecule has 2 aliphatic carbocycles. The molecule has 1 spiro atoms. The van der Waals surface area contributed by atoms with E-state index in [4.69, 9.17) is 0 Å². The fraction of sp³-hybridized carbons (Fsp3) is 1.00. The molecule has 0 aliphatic heterocycles. The van der Waals surface area contributed by atoms with Gasteiger partial charge in [-0.3, -0.25) is 0 Å². The van der Waals surface area contributed by atoms with Gasteiger partial charge in [-0.2, -0.15) is 0 Å². The van der Waals surface area contributed by atoms with Crippen LogP contribution < -0.4 is 0 Å². The second-order valence-corrected chi connectivity index (χ2v) is 8.17. The Morgan fingerprint density at radius 1 is 0.810 bits per heavy atom. The highest BCUT2D eigenvalue weighted by Crippen LogP contribution is 2.76. The van der Waals surface area contributed by atoms with Crippen molar-refractivity contribution in [2.75, 3.05) is 0 Å². The number of unbranched alkanes of at least 4 members (excludes halogenated alkanes) is 2. The normalized spacial score (nSPS) is 35.7. The molecule has 0 aromatic heterocycles. The summed E-state index contributed by atoms with van der Waals surface area (Å²) in [5.74, 6) is 4.40. The van der Waals surface area contributed by atoms with Crippen molar-refractivity contribution < 1.29 is 0 Å². The molecule has 0 aromatic rings. The van der Waals surface area contributed by atoms with Crippen molar-refractivity contribution in [3.63, 3.8) is 0 Å². The van der Waals surface area contributed by atoms with Crippen LogP contribution in [0.5, 0.6) is 0 Å². The number of rotatable bonds is 11. The Morgan fingerprint density at radius 2 is 1.52 bits per heavy atom. The molecule has 0 N–H and O–H groups in total. The van der Waals surface area contributed by atoms with Gasteiger partial charge in [0, 0.05) is 0 Å². The molecule has 2 aliphatic rings. The highest BCUT2D eigenvalue weighted by molar-refractivity contribution is 5.17. The quantitative estimate of drug-likeness (QED) is 0.352. The van der Waals surface area contributed by atoms with Gasteiger partial charge in [-0.1, -0.05) is 91.9 Å². The molecule has 0 amide bonds. The molecule has 2 rings (SSSR count). The van der Waals surface area contributed by atoms with Crippen LogP contribution in [0.25, 0.3) is 0 Å². The lowest BCUT2D eigenvalue weighted by atomic mass is 9.53. The van der Waals surface area contributed by atoms with Crippen molar-refractivity contribution in [2.24, 2.45) is 29.1 Å². The predicted molar refractivity (Wildman–Crippen MR) is 94.5 cm³/mol. The molecule has 0 aromatic carbocycles. The maximum Gasteiger partial charge on any atom is -0.0207 e. The summed E-state index contributed by atoms with van der Waals surface area (Å²) in [6.45, 7) is 9.52. The van der Waals surface area contributed by atoms with Crippen LogP contribution in [0.1, 0.15) is 105 Å². The van der Waals surface area contributed by atoms with Crippen LogP contribution in [-0.4, -0.2) is 0 Å². The van der Waals surface area contributed by atoms with Crippen LogP contribution >= 0.6 is 0 Å². The van der Waals surface area contributed by atoms with Gasteiger partial charge >= 0.3 is 0 Å². The Kier molecular flexibility index (Phi) is 6.63. The summed E-state index contributed by atoms with van der Waals surface area (Å²) in [7, 11) is 0. The van der Waals surface area contributed by atoms with Gasteiger partial charge in [0.2, 0.25) is 0 Å². The first kappa shape index (κ1) is 17.4. The molecule has 124 valence electrons. The summed E-state index contributed by atoms with van der Waals surface area (Å²) in [6, 6.07) is 0. The third kappa shape index (κ3) is 3.50. The molecule has 5 atom stereocenters. The van der Waals surface area contributed by atoms with E-state index in [2.05, 4.69) is 27.7 Å². The fourth-order valence-electron chi connectivity index (χ4n) is 5.87. The molecule has 21 heavy (non-hydrogen) atoms. The Hall–Kier alpha value is 0. The summed E-state index contributed by atoms with van der Waals surface area (Å²) in [6.07, 6.45) is 17.8. The van der Waals surface area contributed by atoms with E-state index in [0.29, 0.717) is 0 Å². The van der Waals surface area contributed by atoms with Crippen LogP contribution in [0.4, 0.5) is 0 Å². The third-order valence-corrected chi connectivity index (χ3v) is 6.87. The molecular weight excluding hydrogens is 252 g/mol. The Labute approximate surface area is 134 Å². The molecule has 0 saturated heterocycles. The molecule has 0 radical (unpaired) electrons. The Bertz CT molecular complexity index is 294. The van der Waals surface area contributed by atoms with Crippen LogP contribution in [0.15, 0.2) is 0 Å². The Balaban J connectivity index is 1.96. The average Bonchev–Trinajstić information content (AvgIpc) is 3.20. The van der Waals surface area contributed by atoms with Gasteiger partial charge in [0.15, 0.2) is 0 Å². The zero-order valence-corrected chi connectivity index (χ0v) is 15.3. The van der Waals surface area contributed by atoms with Crippen LogP contribution in [0.3, 0.4) is 0 Å². The highest BCUT2D eigenvalue weighted by atomic mass is 14.7. The molecule has 0 nitrogen and oxygen atoms in total. The topological polar surface area (TPSA) is 0 Å². The van der Waals surface area contributed by atoms with E-state index < -0.39 is 0 Å². The monoisotopic (exact) mass is 292 g/mol. The van der Waals surface area contributed by atoms with E-state index in [-0.39, 0.29) is 0 Å². The molecule has 2 saturated carbocycles. The molecule has 0 bridgehead atoms. The highest BCUT2D eigenvalue weighted by Gasteiger charge is 2.68. The van der Waals surface area contributed by atoms with E-state index in [9.17, 15) is 0 Å². The van der Waals surface area contributed by atoms with E-state index in [1.807, 2.05) is 0 Å². The summed E-state index contributed by atoms with van der Waals surface area (Å²) in [5.41, 5.74) is 0.845. The lowest BCUT2D eigenvalue weighted by Crippen LogP contribution is -2.44. The standard InChI is InChI=1S/C21H40/c1-5-9-10-14-17(11-6-2)20-15-18(12-7-3)21(20)16-19(21)13-8-4/h17-20H,5-16H2,1-4H3. The zero-order valence-electron chi connectivity index (χ0n) is 15.3. The first-order valence-electron chi connectivity index (χ1n) is 10.2. The average molecular weight is 293 g/mol. The SMILES string of the molecule is CCCCCC(CCC)C1CC(CCC)C12CC2CCC. The zero-order chi connectivity index (χ0) is 15.3. The fourth-order valence-corrected chi connectivity index (χ4v) is 5.87. The van der Waals surface area contributed by atoms with Gasteiger partial charge < -0.3 is 0 Å². The molecule has 0 heterocycles. The van der Waals surface area contributed by atoms with Crippen molar-refractivity contribution in [2.45, 2.75) is 105 Å². The van der Waals surface area contributed by atoms with E-state index in [0.717, 1.165) is 29.1 Å². The minimum atomic E-state index is 0.845. The second-order valence-electron chi connectivity index (χ2n) is 8.17. The molecule has 0 heteroatoms. The minimum absolute atomic E-state index is 0.845. The van der Waals surface area contributed by atoms with Gasteiger partial charge in [-0.05, 0) is 41.9 Å². The maximum atomic E-state index is 2.40. The third-order valence-electron chi connectivity index (χ3n) is 6.87. The van der Waals surface area contributed by atoms with Crippen LogP contribution in [0.2, 0.25) is 0 Å². The lowest BCUT2D eigenvalue weighted by Gasteiger charge is -2.51. The number of hydrogen-bond acceptors (Lipinski definition) is 0. The maximum absolute atomic E-state index is 2.40. The predicted octanol–water partition coefficient (Wildman–Crippen LogP) is 7.23. The molecule has 2 fully saturated rings. The summed E-state index contributed by atoms with van der Waals surface area (Å²) in [5, 5.41) is 0. The summed E-state index contributed by atoms with van der Waals surface area (Å²) < 4.78 is 0. The van der Waals surface area contributed by atoms with Gasteiger partial charge in [-0.15, -0.1) is 0 Å². The Morgan fingerprint density at radius 3 is 2.14 bits per heavy atom. The van der Waals surface area contributed by atoms with Crippen molar-refractivity contribution in [3.05, 3.63) is 0 Å². The van der Waals surface area contributed by atoms with E-state index >= 15 is 0 Å². The van der Waals surface area contributed by atoms with E-state index in [1.165, 1.54) is 64.2 Å². The van der Waals surface area contributed by atoms with Crippen molar-refractivity contribution in [3.8, 4) is 0 Å². The van der Waals surface area contributed by atoms with Crippen molar-refractivity contribution >= 4 is 0 Å². The van der Waals surface area contributed by atoms with Crippen molar-refractivity contribution in [1.29, 1.82) is 0 Å². The van der Waals surface area contributed by atoms with E-state index in [1.54, 1.807) is 12.8 Å². The smallest absolute Gasteiger partial charge is 0.0207 e. The lowest BCUT2D eigenvalue weighted by molar-refractivity contribution is -0.0276. The molecule has 5 unspecified atom stereocenters. The summed E-state index contributed by atoms with van der Waals surface area (Å²) in [4.78, 5) is 0. The first-order chi connectivity index (χ1) is 10.2. The summed E-state index contributed by atoms with van der Waals surface area (Å²) >= 11 is 0. The van der Waals surface area contributed by atoms with Gasteiger partial charge in [0.25, 0.3) is 0 Å². The van der Waals surface area contributed by atoms with Crippen LogP contribution in [-0.2, 0) is 0 Å². The molecular formula is C21H40. The minimum Gasteiger partial charge on any atom is -0.0654 e. The van der Waals surface area contributed by atoms with Gasteiger partial charge in [0.1, 0.15) is 0 Å². The van der Waals surface area contributed by atoms with Gasteiger partial charge in [-0.25, -0.2) is 0 Å². The number of hydrogen-bond donors (Lipinski definition) is 0.